The highest BCUT2D eigenvalue weighted by Crippen LogP contribution is 2.25. The van der Waals surface area contributed by atoms with Crippen molar-refractivity contribution in [1.82, 2.24) is 19.9 Å². The fraction of sp³-hybridized carbons (Fsp3) is 0.429. The topological polar surface area (TPSA) is 76.3 Å². The Balaban J connectivity index is 0.000000464. The molecule has 0 radical (unpaired) electrons. The van der Waals surface area contributed by atoms with Gasteiger partial charge in [-0.3, -0.25) is 9.98 Å². The number of halogens is 1. The molecule has 70 heavy (non-hydrogen) atoms. The Labute approximate surface area is 424 Å². The van der Waals surface area contributed by atoms with E-state index in [2.05, 4.69) is 173 Å². The molecule has 2 heterocycles. The first-order valence-electron chi connectivity index (χ1n) is 25.7. The maximum Gasteiger partial charge on any atom is 0.129 e. The van der Waals surface area contributed by atoms with Gasteiger partial charge in [-0.15, -0.1) is 0 Å². The normalized spacial score (nSPS) is 13.4. The first-order valence-corrected chi connectivity index (χ1v) is 25.7. The molecule has 376 valence electrons. The number of nitrogens with zero attached hydrogens (tertiary/aromatic N) is 6. The van der Waals surface area contributed by atoms with Crippen molar-refractivity contribution in [3.05, 3.63) is 177 Å². The smallest absolute Gasteiger partial charge is 0.129 e. The van der Waals surface area contributed by atoms with Crippen molar-refractivity contribution in [3.63, 3.8) is 0 Å². The predicted molar refractivity (Wildman–Crippen MR) is 305 cm³/mol. The van der Waals surface area contributed by atoms with Crippen molar-refractivity contribution >= 4 is 33.2 Å². The molecule has 0 aliphatic carbocycles. The van der Waals surface area contributed by atoms with Gasteiger partial charge in [0.15, 0.2) is 0 Å². The maximum absolute atomic E-state index is 13.6. The molecule has 0 aliphatic heterocycles. The zero-order chi connectivity index (χ0) is 52.3. The van der Waals surface area contributed by atoms with Crippen LogP contribution >= 0.6 is 0 Å². The van der Waals surface area contributed by atoms with Gasteiger partial charge in [0.05, 0.1) is 22.5 Å². The van der Waals surface area contributed by atoms with Gasteiger partial charge in [-0.2, -0.15) is 0 Å². The highest BCUT2D eigenvalue weighted by Gasteiger charge is 2.16. The summed E-state index contributed by atoms with van der Waals surface area (Å²) in [7, 11) is 0. The standard InChI is InChI=1S/C31H41N3.C30H40FN3.C2H6/c1-9-14-25(8)27(17-13-15-24(7)10-2)31(23(5)6)34-28(22(3)4)19-20-30-32-21-26-16-11-12-18-29(26)33-30;1-9-11-23(8)26(13-10-12-20(2)3)30(22(6)7)34-27(21(4)5)16-17-29-32-19-24-14-15-25(31)18-28(24)33-29;1-2/h9,11-18,21,23H,10,19-20H2,1-8H3;9-11,13-15,18-20,22H,12,16-17H2,1-8H3;1-2H3/b14-9-,17-13-,24-15-,27-25-,34-31?;11-9-,13-10-,26-23-,34-30?;. The van der Waals surface area contributed by atoms with Gasteiger partial charge in [0.1, 0.15) is 17.5 Å². The molecule has 0 saturated heterocycles. The summed E-state index contributed by atoms with van der Waals surface area (Å²) in [5.74, 6) is 2.46. The summed E-state index contributed by atoms with van der Waals surface area (Å²) in [6, 6.07) is 12.7. The number of hydrogen-bond acceptors (Lipinski definition) is 6. The fourth-order valence-corrected chi connectivity index (χ4v) is 7.28. The van der Waals surface area contributed by atoms with Crippen LogP contribution in [0.25, 0.3) is 21.8 Å². The molecule has 0 amide bonds. The molecule has 7 heteroatoms. The van der Waals surface area contributed by atoms with E-state index in [4.69, 9.17) is 15.0 Å². The molecule has 4 rings (SSSR count). The van der Waals surface area contributed by atoms with Crippen molar-refractivity contribution in [2.24, 2.45) is 27.7 Å². The Morgan fingerprint density at radius 2 is 1.11 bits per heavy atom. The Morgan fingerprint density at radius 3 is 1.59 bits per heavy atom. The molecule has 0 bridgehead atoms. The minimum Gasteiger partial charge on any atom is -0.257 e. The lowest BCUT2D eigenvalue weighted by Gasteiger charge is -2.16. The minimum absolute atomic E-state index is 0.271. The molecule has 0 N–H and O–H groups in total. The second-order valence-electron chi connectivity index (χ2n) is 19.0. The van der Waals surface area contributed by atoms with E-state index < -0.39 is 0 Å². The van der Waals surface area contributed by atoms with Crippen LogP contribution in [0.5, 0.6) is 0 Å². The highest BCUT2D eigenvalue weighted by molar-refractivity contribution is 6.06. The summed E-state index contributed by atoms with van der Waals surface area (Å²) in [6.45, 7) is 38.5. The quantitative estimate of drug-likeness (QED) is 0.0653. The molecule has 6 nitrogen and oxygen atoms in total. The van der Waals surface area contributed by atoms with Gasteiger partial charge < -0.3 is 0 Å². The Morgan fingerprint density at radius 1 is 0.629 bits per heavy atom. The van der Waals surface area contributed by atoms with E-state index in [1.54, 1.807) is 12.3 Å². The molecule has 2 aromatic heterocycles. The molecule has 4 aromatic rings. The molecule has 0 aliphatic rings. The lowest BCUT2D eigenvalue weighted by Crippen LogP contribution is -2.12. The number of allylic oxidation sites excluding steroid dienone is 18. The van der Waals surface area contributed by atoms with E-state index in [1.807, 2.05) is 51.2 Å². The maximum atomic E-state index is 13.6. The predicted octanol–water partition coefficient (Wildman–Crippen LogP) is 18.4. The minimum atomic E-state index is -0.283. The number of aryl methyl sites for hydroxylation is 2. The first-order chi connectivity index (χ1) is 33.4. The molecule has 0 atom stereocenters. The van der Waals surface area contributed by atoms with E-state index in [1.165, 1.54) is 51.1 Å². The van der Waals surface area contributed by atoms with Gasteiger partial charge in [0, 0.05) is 53.5 Å². The van der Waals surface area contributed by atoms with E-state index in [9.17, 15) is 4.39 Å². The second-order valence-corrected chi connectivity index (χ2v) is 19.0. The lowest BCUT2D eigenvalue weighted by atomic mass is 9.94. The Kier molecular flexibility index (Phi) is 27.5. The van der Waals surface area contributed by atoms with Crippen LogP contribution in [-0.2, 0) is 12.8 Å². The molecule has 0 saturated carbocycles. The monoisotopic (exact) mass is 947 g/mol. The summed E-state index contributed by atoms with van der Waals surface area (Å²) in [5, 5.41) is 1.91. The average molecular weight is 947 g/mol. The van der Waals surface area contributed by atoms with Gasteiger partial charge in [0.25, 0.3) is 0 Å². The largest absolute Gasteiger partial charge is 0.257 e. The van der Waals surface area contributed by atoms with Crippen molar-refractivity contribution in [2.45, 2.75) is 163 Å². The van der Waals surface area contributed by atoms with Crippen LogP contribution in [0.15, 0.2) is 170 Å². The highest BCUT2D eigenvalue weighted by atomic mass is 19.1. The van der Waals surface area contributed by atoms with E-state index in [0.717, 1.165) is 77.0 Å². The van der Waals surface area contributed by atoms with Crippen LogP contribution < -0.4 is 0 Å². The summed E-state index contributed by atoms with van der Waals surface area (Å²) >= 11 is 0. The fourth-order valence-electron chi connectivity index (χ4n) is 7.28. The number of fused-ring (bicyclic) bond motifs is 2. The number of benzene rings is 2. The number of hydrogen-bond donors (Lipinski definition) is 0. The molecule has 0 unspecified atom stereocenters. The zero-order valence-corrected chi connectivity index (χ0v) is 46.4. The van der Waals surface area contributed by atoms with E-state index in [-0.39, 0.29) is 11.7 Å². The third kappa shape index (κ3) is 20.6. The van der Waals surface area contributed by atoms with Crippen LogP contribution in [0.3, 0.4) is 0 Å². The zero-order valence-electron chi connectivity index (χ0n) is 46.4. The Bertz CT molecular complexity index is 2640. The summed E-state index contributed by atoms with van der Waals surface area (Å²) in [6.07, 6.45) is 28.3. The number of aromatic nitrogens is 4. The molecule has 0 fully saturated rings. The molecular weight excluding hydrogens is 860 g/mol. The van der Waals surface area contributed by atoms with Gasteiger partial charge in [-0.25, -0.2) is 24.3 Å². The third-order valence-corrected chi connectivity index (χ3v) is 11.4. The van der Waals surface area contributed by atoms with Crippen LogP contribution in [-0.4, -0.2) is 31.4 Å². The van der Waals surface area contributed by atoms with Crippen molar-refractivity contribution in [2.75, 3.05) is 0 Å². The van der Waals surface area contributed by atoms with Gasteiger partial charge in [0.2, 0.25) is 0 Å². The number of aliphatic imine (C=N–C) groups is 2. The van der Waals surface area contributed by atoms with Crippen molar-refractivity contribution < 1.29 is 4.39 Å². The van der Waals surface area contributed by atoms with Crippen molar-refractivity contribution in [3.8, 4) is 0 Å². The summed E-state index contributed by atoms with van der Waals surface area (Å²) in [5.41, 5.74) is 14.6. The first kappa shape index (κ1) is 60.2. The van der Waals surface area contributed by atoms with Gasteiger partial charge in [-0.05, 0) is 146 Å². The van der Waals surface area contributed by atoms with Gasteiger partial charge >= 0.3 is 0 Å². The third-order valence-electron chi connectivity index (χ3n) is 11.4. The molecule has 2 aromatic carbocycles. The molecular formula is C63H87FN6. The van der Waals surface area contributed by atoms with Gasteiger partial charge in [-0.1, -0.05) is 152 Å². The van der Waals surface area contributed by atoms with Crippen LogP contribution in [0, 0.1) is 23.6 Å². The SMILES string of the molecule is CC.C\C=C/C(C)=C(/C=C\C=C(\C)CC)C(=NC(CCc1ncc2ccccc2n1)=C(C)C)C(C)C.C\C=C/C(C)=C(/C=C\CC(C)C)C(=NC(CCc1ncc2ccc(F)cc2n1)=C(C)C)C(C)C. The number of para-hydroxylation sites is 1. The van der Waals surface area contributed by atoms with Crippen LogP contribution in [0.1, 0.15) is 162 Å². The lowest BCUT2D eigenvalue weighted by molar-refractivity contribution is 0.629. The molecule has 0 spiro atoms. The van der Waals surface area contributed by atoms with Crippen LogP contribution in [0.4, 0.5) is 4.39 Å². The summed E-state index contributed by atoms with van der Waals surface area (Å²) < 4.78 is 13.6. The summed E-state index contributed by atoms with van der Waals surface area (Å²) in [4.78, 5) is 28.9. The van der Waals surface area contributed by atoms with E-state index in [0.29, 0.717) is 29.6 Å². The average Bonchev–Trinajstić information content (AvgIpc) is 3.32. The van der Waals surface area contributed by atoms with Crippen LogP contribution in [0.2, 0.25) is 0 Å². The van der Waals surface area contributed by atoms with E-state index >= 15 is 0 Å². The van der Waals surface area contributed by atoms with Crippen molar-refractivity contribution in [1.29, 1.82) is 0 Å². The Hall–Kier alpha value is -5.95. The number of rotatable bonds is 20. The second kappa shape index (κ2) is 32.0.